The van der Waals surface area contributed by atoms with Gasteiger partial charge in [0.1, 0.15) is 0 Å². The fraction of sp³-hybridized carbons (Fsp3) is 0.846. The second-order valence-corrected chi connectivity index (χ2v) is 4.68. The van der Waals surface area contributed by atoms with Crippen molar-refractivity contribution in [3.05, 3.63) is 12.2 Å². The van der Waals surface area contributed by atoms with Crippen LogP contribution in [0.1, 0.15) is 40.0 Å². The molecule has 88 valence electrons. The highest BCUT2D eigenvalue weighted by Gasteiger charge is 2.22. The monoisotopic (exact) mass is 210 g/mol. The van der Waals surface area contributed by atoms with Crippen molar-refractivity contribution in [1.82, 2.24) is 10.2 Å². The van der Waals surface area contributed by atoms with Gasteiger partial charge in [-0.3, -0.25) is 4.90 Å². The number of nitrogens with zero attached hydrogens (tertiary/aromatic N) is 1. The molecule has 0 aromatic heterocycles. The van der Waals surface area contributed by atoms with Crippen LogP contribution in [0.15, 0.2) is 12.2 Å². The fourth-order valence-electron chi connectivity index (χ4n) is 2.33. The van der Waals surface area contributed by atoms with E-state index in [1.54, 1.807) is 0 Å². The maximum Gasteiger partial charge on any atom is 0.0484 e. The largest absolute Gasteiger partial charge is 0.303 e. The SMILES string of the molecule is C=C(CC)C(C)CC(CC)N1CCNC1. The smallest absolute Gasteiger partial charge is 0.0484 e. The third-order valence-corrected chi connectivity index (χ3v) is 3.66. The third kappa shape index (κ3) is 3.62. The van der Waals surface area contributed by atoms with Gasteiger partial charge in [-0.25, -0.2) is 0 Å². The van der Waals surface area contributed by atoms with Crippen LogP contribution in [0.5, 0.6) is 0 Å². The minimum absolute atomic E-state index is 0.667. The first-order chi connectivity index (χ1) is 7.19. The van der Waals surface area contributed by atoms with E-state index in [0.29, 0.717) is 5.92 Å². The van der Waals surface area contributed by atoms with Crippen molar-refractivity contribution in [2.24, 2.45) is 5.92 Å². The topological polar surface area (TPSA) is 15.3 Å². The first-order valence-electron chi connectivity index (χ1n) is 6.31. The summed E-state index contributed by atoms with van der Waals surface area (Å²) in [6.45, 7) is 14.4. The molecule has 0 bridgehead atoms. The molecule has 0 aromatic rings. The minimum atomic E-state index is 0.667. The summed E-state index contributed by atoms with van der Waals surface area (Å²) in [5, 5.41) is 3.41. The summed E-state index contributed by atoms with van der Waals surface area (Å²) in [5.74, 6) is 0.667. The lowest BCUT2D eigenvalue weighted by Crippen LogP contribution is -2.35. The van der Waals surface area contributed by atoms with Crippen LogP contribution in [0.4, 0.5) is 0 Å². The van der Waals surface area contributed by atoms with Crippen molar-refractivity contribution in [2.75, 3.05) is 19.8 Å². The molecule has 0 amide bonds. The van der Waals surface area contributed by atoms with Gasteiger partial charge in [0.25, 0.3) is 0 Å². The Labute approximate surface area is 94.7 Å². The van der Waals surface area contributed by atoms with Gasteiger partial charge in [-0.1, -0.05) is 32.9 Å². The molecule has 1 heterocycles. The number of nitrogens with one attached hydrogen (secondary N) is 1. The van der Waals surface area contributed by atoms with Crippen molar-refractivity contribution >= 4 is 0 Å². The van der Waals surface area contributed by atoms with Crippen LogP contribution in [0.2, 0.25) is 0 Å². The van der Waals surface area contributed by atoms with E-state index in [1.807, 2.05) is 0 Å². The van der Waals surface area contributed by atoms with Crippen LogP contribution < -0.4 is 5.32 Å². The fourth-order valence-corrected chi connectivity index (χ4v) is 2.33. The molecule has 1 saturated heterocycles. The van der Waals surface area contributed by atoms with Crippen LogP contribution in [-0.4, -0.2) is 30.7 Å². The van der Waals surface area contributed by atoms with Gasteiger partial charge >= 0.3 is 0 Å². The van der Waals surface area contributed by atoms with E-state index in [1.165, 1.54) is 25.0 Å². The molecule has 1 aliphatic heterocycles. The van der Waals surface area contributed by atoms with Gasteiger partial charge in [-0.15, -0.1) is 0 Å². The van der Waals surface area contributed by atoms with E-state index in [2.05, 4.69) is 37.6 Å². The first-order valence-corrected chi connectivity index (χ1v) is 6.31. The molecule has 2 heteroatoms. The zero-order valence-electron chi connectivity index (χ0n) is 10.6. The molecule has 1 aliphatic rings. The van der Waals surface area contributed by atoms with Crippen molar-refractivity contribution in [1.29, 1.82) is 0 Å². The van der Waals surface area contributed by atoms with Crippen LogP contribution in [0.3, 0.4) is 0 Å². The molecule has 0 radical (unpaired) electrons. The second-order valence-electron chi connectivity index (χ2n) is 4.68. The summed E-state index contributed by atoms with van der Waals surface area (Å²) in [6.07, 6.45) is 3.64. The third-order valence-electron chi connectivity index (χ3n) is 3.66. The van der Waals surface area contributed by atoms with Crippen LogP contribution in [0.25, 0.3) is 0 Å². The summed E-state index contributed by atoms with van der Waals surface area (Å²) >= 11 is 0. The summed E-state index contributed by atoms with van der Waals surface area (Å²) < 4.78 is 0. The van der Waals surface area contributed by atoms with Crippen molar-refractivity contribution in [3.63, 3.8) is 0 Å². The molecule has 0 aromatic carbocycles. The van der Waals surface area contributed by atoms with Gasteiger partial charge in [-0.05, 0) is 25.2 Å². The normalized spacial score (nSPS) is 21.5. The number of allylic oxidation sites excluding steroid dienone is 1. The van der Waals surface area contributed by atoms with Crippen LogP contribution in [0, 0.1) is 5.92 Å². The van der Waals surface area contributed by atoms with E-state index in [9.17, 15) is 0 Å². The summed E-state index contributed by atoms with van der Waals surface area (Å²) in [7, 11) is 0. The highest BCUT2D eigenvalue weighted by atomic mass is 15.3. The predicted octanol–water partition coefficient (Wildman–Crippen LogP) is 2.62. The standard InChI is InChI=1S/C13H26N2/c1-5-11(3)12(4)9-13(6-2)15-8-7-14-10-15/h12-14H,3,5-10H2,1-2,4H3. The number of hydrogen-bond donors (Lipinski definition) is 1. The summed E-state index contributed by atoms with van der Waals surface area (Å²) in [6, 6.07) is 0.735. The van der Waals surface area contributed by atoms with Crippen molar-refractivity contribution in [3.8, 4) is 0 Å². The molecule has 2 nitrogen and oxygen atoms in total. The Morgan fingerprint density at radius 1 is 1.47 bits per heavy atom. The first kappa shape index (κ1) is 12.7. The Hall–Kier alpha value is -0.340. The second kappa shape index (κ2) is 6.29. The Morgan fingerprint density at radius 2 is 2.20 bits per heavy atom. The molecule has 1 fully saturated rings. The minimum Gasteiger partial charge on any atom is -0.303 e. The Kier molecular flexibility index (Phi) is 5.34. The van der Waals surface area contributed by atoms with E-state index in [0.717, 1.165) is 25.7 Å². The van der Waals surface area contributed by atoms with Gasteiger partial charge < -0.3 is 5.32 Å². The molecule has 15 heavy (non-hydrogen) atoms. The van der Waals surface area contributed by atoms with Gasteiger partial charge in [0.05, 0.1) is 0 Å². The lowest BCUT2D eigenvalue weighted by atomic mass is 9.91. The average Bonchev–Trinajstić information content (AvgIpc) is 2.77. The van der Waals surface area contributed by atoms with E-state index < -0.39 is 0 Å². The predicted molar refractivity (Wildman–Crippen MR) is 66.9 cm³/mol. The van der Waals surface area contributed by atoms with E-state index >= 15 is 0 Å². The van der Waals surface area contributed by atoms with Gasteiger partial charge in [0.15, 0.2) is 0 Å². The molecular weight excluding hydrogens is 184 g/mol. The lowest BCUT2D eigenvalue weighted by molar-refractivity contribution is 0.207. The Bertz CT molecular complexity index is 195. The number of rotatable bonds is 6. The van der Waals surface area contributed by atoms with Crippen LogP contribution >= 0.6 is 0 Å². The van der Waals surface area contributed by atoms with Crippen LogP contribution in [-0.2, 0) is 0 Å². The molecule has 1 N–H and O–H groups in total. The van der Waals surface area contributed by atoms with Crippen molar-refractivity contribution < 1.29 is 0 Å². The molecule has 2 atom stereocenters. The van der Waals surface area contributed by atoms with Gasteiger partial charge in [0, 0.05) is 25.8 Å². The molecule has 0 aliphatic carbocycles. The zero-order valence-corrected chi connectivity index (χ0v) is 10.6. The van der Waals surface area contributed by atoms with Gasteiger partial charge in [0.2, 0.25) is 0 Å². The Morgan fingerprint density at radius 3 is 2.67 bits per heavy atom. The van der Waals surface area contributed by atoms with E-state index in [4.69, 9.17) is 0 Å². The highest BCUT2D eigenvalue weighted by Crippen LogP contribution is 2.22. The molecule has 1 rings (SSSR count). The zero-order chi connectivity index (χ0) is 11.3. The van der Waals surface area contributed by atoms with Gasteiger partial charge in [-0.2, -0.15) is 0 Å². The van der Waals surface area contributed by atoms with E-state index in [-0.39, 0.29) is 0 Å². The molecule has 2 unspecified atom stereocenters. The maximum atomic E-state index is 4.15. The molecule has 0 spiro atoms. The average molecular weight is 210 g/mol. The Balaban J connectivity index is 2.41. The lowest BCUT2D eigenvalue weighted by Gasteiger charge is -2.28. The molecular formula is C13H26N2. The van der Waals surface area contributed by atoms with Crippen molar-refractivity contribution in [2.45, 2.75) is 46.1 Å². The summed E-state index contributed by atoms with van der Waals surface area (Å²) in [4.78, 5) is 2.57. The quantitative estimate of drug-likeness (QED) is 0.678. The number of hydrogen-bond acceptors (Lipinski definition) is 2. The molecule has 0 saturated carbocycles. The maximum absolute atomic E-state index is 4.15. The highest BCUT2D eigenvalue weighted by molar-refractivity contribution is 4.99. The summed E-state index contributed by atoms with van der Waals surface area (Å²) in [5.41, 5.74) is 1.40.